The van der Waals surface area contributed by atoms with Gasteiger partial charge in [0.05, 0.1) is 5.92 Å². The SMILES string of the molecule is FC(F)(F)[C@H]1CC[C@H](c2ccc(CBr)cc2)CC1. The van der Waals surface area contributed by atoms with E-state index in [9.17, 15) is 13.2 Å². The fourth-order valence-electron chi connectivity index (χ4n) is 2.63. The highest BCUT2D eigenvalue weighted by Crippen LogP contribution is 2.42. The average Bonchev–Trinajstić information content (AvgIpc) is 2.38. The van der Waals surface area contributed by atoms with Crippen LogP contribution >= 0.6 is 15.9 Å². The second-order valence-corrected chi connectivity index (χ2v) is 5.53. The maximum atomic E-state index is 12.6. The van der Waals surface area contributed by atoms with E-state index in [1.807, 2.05) is 12.1 Å². The van der Waals surface area contributed by atoms with Gasteiger partial charge in [0.25, 0.3) is 0 Å². The van der Waals surface area contributed by atoms with Crippen LogP contribution in [0.15, 0.2) is 24.3 Å². The van der Waals surface area contributed by atoms with E-state index in [-0.39, 0.29) is 12.8 Å². The van der Waals surface area contributed by atoms with Gasteiger partial charge in [-0.05, 0) is 42.7 Å². The van der Waals surface area contributed by atoms with Crippen molar-refractivity contribution in [3.05, 3.63) is 35.4 Å². The van der Waals surface area contributed by atoms with Gasteiger partial charge in [-0.25, -0.2) is 0 Å². The van der Waals surface area contributed by atoms with Crippen molar-refractivity contribution in [2.75, 3.05) is 0 Å². The first-order valence-corrected chi connectivity index (χ1v) is 7.34. The Hall–Kier alpha value is -0.510. The molecule has 1 fully saturated rings. The van der Waals surface area contributed by atoms with Gasteiger partial charge in [-0.15, -0.1) is 0 Å². The van der Waals surface area contributed by atoms with Crippen molar-refractivity contribution in [1.29, 1.82) is 0 Å². The van der Waals surface area contributed by atoms with Gasteiger partial charge in [-0.3, -0.25) is 0 Å². The van der Waals surface area contributed by atoms with Gasteiger partial charge >= 0.3 is 6.18 Å². The van der Waals surface area contributed by atoms with E-state index >= 15 is 0 Å². The first kappa shape index (κ1) is 13.9. The van der Waals surface area contributed by atoms with Gasteiger partial charge in [-0.2, -0.15) is 13.2 Å². The Morgan fingerprint density at radius 2 is 1.56 bits per heavy atom. The Kier molecular flexibility index (Phi) is 4.36. The molecule has 0 bridgehead atoms. The number of rotatable bonds is 2. The molecule has 0 spiro atoms. The van der Waals surface area contributed by atoms with E-state index in [1.165, 1.54) is 11.1 Å². The minimum absolute atomic E-state index is 0.272. The van der Waals surface area contributed by atoms with Crippen LogP contribution in [0.3, 0.4) is 0 Å². The maximum absolute atomic E-state index is 12.6. The summed E-state index contributed by atoms with van der Waals surface area (Å²) in [5, 5.41) is 0.814. The Balaban J connectivity index is 1.96. The van der Waals surface area contributed by atoms with Crippen molar-refractivity contribution in [3.63, 3.8) is 0 Å². The summed E-state index contributed by atoms with van der Waals surface area (Å²) < 4.78 is 37.7. The molecule has 0 saturated heterocycles. The molecular formula is C14H16BrF3. The topological polar surface area (TPSA) is 0 Å². The molecule has 100 valence electrons. The summed E-state index contributed by atoms with van der Waals surface area (Å²) in [6.07, 6.45) is -2.16. The largest absolute Gasteiger partial charge is 0.391 e. The lowest BCUT2D eigenvalue weighted by Gasteiger charge is -2.30. The highest BCUT2D eigenvalue weighted by Gasteiger charge is 2.41. The summed E-state index contributed by atoms with van der Waals surface area (Å²) in [7, 11) is 0. The van der Waals surface area contributed by atoms with E-state index in [4.69, 9.17) is 0 Å². The summed E-state index contributed by atoms with van der Waals surface area (Å²) in [5.41, 5.74) is 2.38. The normalized spacial score (nSPS) is 25.1. The van der Waals surface area contributed by atoms with Crippen molar-refractivity contribution in [2.45, 2.75) is 43.1 Å². The molecule has 0 nitrogen and oxygen atoms in total. The fraction of sp³-hybridized carbons (Fsp3) is 0.571. The third kappa shape index (κ3) is 3.28. The summed E-state index contributed by atoms with van der Waals surface area (Å²) >= 11 is 3.38. The molecule has 0 heterocycles. The van der Waals surface area contributed by atoms with Crippen LogP contribution in [0.5, 0.6) is 0 Å². The predicted octanol–water partition coefficient (Wildman–Crippen LogP) is 5.42. The average molecular weight is 321 g/mol. The van der Waals surface area contributed by atoms with Crippen molar-refractivity contribution in [3.8, 4) is 0 Å². The molecule has 4 heteroatoms. The Bertz CT molecular complexity index is 375. The summed E-state index contributed by atoms with van der Waals surface area (Å²) in [5.74, 6) is -0.788. The number of alkyl halides is 4. The van der Waals surface area contributed by atoms with Gasteiger partial charge < -0.3 is 0 Å². The molecule has 1 aromatic rings. The Morgan fingerprint density at radius 3 is 2.00 bits per heavy atom. The molecule has 0 atom stereocenters. The molecule has 1 aliphatic carbocycles. The van der Waals surface area contributed by atoms with Crippen LogP contribution in [0.2, 0.25) is 0 Å². The van der Waals surface area contributed by atoms with Crippen LogP contribution in [0.4, 0.5) is 13.2 Å². The highest BCUT2D eigenvalue weighted by atomic mass is 79.9. The first-order valence-electron chi connectivity index (χ1n) is 6.22. The van der Waals surface area contributed by atoms with E-state index in [2.05, 4.69) is 28.1 Å². The zero-order valence-electron chi connectivity index (χ0n) is 10.0. The molecule has 0 aliphatic heterocycles. The second-order valence-electron chi connectivity index (χ2n) is 4.97. The Morgan fingerprint density at radius 1 is 1.00 bits per heavy atom. The van der Waals surface area contributed by atoms with Crippen LogP contribution in [0, 0.1) is 5.92 Å². The predicted molar refractivity (Wildman–Crippen MR) is 69.8 cm³/mol. The smallest absolute Gasteiger partial charge is 0.171 e. The summed E-state index contributed by atoms with van der Waals surface area (Å²) in [4.78, 5) is 0. The number of benzene rings is 1. The standard InChI is InChI=1S/C14H16BrF3/c15-9-10-1-3-11(4-2-10)12-5-7-13(8-6-12)14(16,17)18/h1-4,12-13H,5-9H2/t12-,13-. The molecule has 0 unspecified atom stereocenters. The summed E-state index contributed by atoms with van der Waals surface area (Å²) in [6, 6.07) is 8.18. The van der Waals surface area contributed by atoms with E-state index < -0.39 is 12.1 Å². The first-order chi connectivity index (χ1) is 8.50. The molecule has 0 amide bonds. The minimum atomic E-state index is -4.01. The molecule has 1 aliphatic rings. The van der Waals surface area contributed by atoms with Crippen LogP contribution in [0.1, 0.15) is 42.7 Å². The van der Waals surface area contributed by atoms with Gasteiger partial charge in [-0.1, -0.05) is 40.2 Å². The molecule has 0 radical (unpaired) electrons. The third-order valence-electron chi connectivity index (χ3n) is 3.80. The van der Waals surface area contributed by atoms with Gasteiger partial charge in [0.15, 0.2) is 0 Å². The molecule has 18 heavy (non-hydrogen) atoms. The number of hydrogen-bond donors (Lipinski definition) is 0. The van der Waals surface area contributed by atoms with Gasteiger partial charge in [0, 0.05) is 5.33 Å². The Labute approximate surface area is 114 Å². The second kappa shape index (κ2) is 5.64. The van der Waals surface area contributed by atoms with E-state index in [0.717, 1.165) is 5.33 Å². The lowest BCUT2D eigenvalue weighted by Crippen LogP contribution is -2.27. The number of hydrogen-bond acceptors (Lipinski definition) is 0. The molecular weight excluding hydrogens is 305 g/mol. The lowest BCUT2D eigenvalue weighted by molar-refractivity contribution is -0.182. The number of halogens is 4. The molecule has 0 N–H and O–H groups in total. The molecule has 1 saturated carbocycles. The van der Waals surface area contributed by atoms with E-state index in [0.29, 0.717) is 18.8 Å². The van der Waals surface area contributed by atoms with Crippen molar-refractivity contribution >= 4 is 15.9 Å². The zero-order chi connectivity index (χ0) is 13.2. The quantitative estimate of drug-likeness (QED) is 0.638. The zero-order valence-corrected chi connectivity index (χ0v) is 11.6. The monoisotopic (exact) mass is 320 g/mol. The molecule has 1 aromatic carbocycles. The van der Waals surface area contributed by atoms with Crippen molar-refractivity contribution in [2.24, 2.45) is 5.92 Å². The van der Waals surface area contributed by atoms with Gasteiger partial charge in [0.1, 0.15) is 0 Å². The van der Waals surface area contributed by atoms with Crippen LogP contribution in [-0.2, 0) is 5.33 Å². The van der Waals surface area contributed by atoms with Gasteiger partial charge in [0.2, 0.25) is 0 Å². The van der Waals surface area contributed by atoms with Crippen molar-refractivity contribution in [1.82, 2.24) is 0 Å². The van der Waals surface area contributed by atoms with Crippen LogP contribution in [0.25, 0.3) is 0 Å². The third-order valence-corrected chi connectivity index (χ3v) is 4.44. The minimum Gasteiger partial charge on any atom is -0.171 e. The lowest BCUT2D eigenvalue weighted by atomic mass is 9.78. The van der Waals surface area contributed by atoms with Crippen LogP contribution in [-0.4, -0.2) is 6.18 Å². The molecule has 2 rings (SSSR count). The van der Waals surface area contributed by atoms with Crippen molar-refractivity contribution < 1.29 is 13.2 Å². The van der Waals surface area contributed by atoms with Crippen LogP contribution < -0.4 is 0 Å². The van der Waals surface area contributed by atoms with E-state index in [1.54, 1.807) is 0 Å². The molecule has 0 aromatic heterocycles. The summed E-state index contributed by atoms with van der Waals surface area (Å²) in [6.45, 7) is 0. The fourth-order valence-corrected chi connectivity index (χ4v) is 3.01. The highest BCUT2D eigenvalue weighted by molar-refractivity contribution is 9.08. The maximum Gasteiger partial charge on any atom is 0.391 e.